The second kappa shape index (κ2) is 3.81. The fourth-order valence-electron chi connectivity index (χ4n) is 5.40. The highest BCUT2D eigenvalue weighted by Gasteiger charge is 2.51. The minimum atomic E-state index is -0.302. The number of benzene rings is 1. The van der Waals surface area contributed by atoms with Crippen molar-refractivity contribution in [3.05, 3.63) is 39.9 Å². The normalized spacial score (nSPS) is 39.5. The van der Waals surface area contributed by atoms with Gasteiger partial charge < -0.3 is 0 Å². The summed E-state index contributed by atoms with van der Waals surface area (Å²) in [6, 6.07) is 7.42. The van der Waals surface area contributed by atoms with Gasteiger partial charge in [-0.1, -0.05) is 12.1 Å². The maximum absolute atomic E-state index is 10.8. The molecule has 0 saturated heterocycles. The van der Waals surface area contributed by atoms with Gasteiger partial charge in [0.25, 0.3) is 5.69 Å². The van der Waals surface area contributed by atoms with Crippen LogP contribution in [-0.2, 0) is 5.41 Å². The molecule has 4 saturated carbocycles. The van der Waals surface area contributed by atoms with Crippen molar-refractivity contribution >= 4 is 5.69 Å². The number of hydrogen-bond donors (Lipinski definition) is 0. The van der Waals surface area contributed by atoms with E-state index >= 15 is 0 Å². The molecule has 0 amide bonds. The van der Waals surface area contributed by atoms with Gasteiger partial charge in [-0.25, -0.2) is 0 Å². The Kier molecular flexibility index (Phi) is 2.30. The summed E-state index contributed by atoms with van der Waals surface area (Å²) >= 11 is 0. The summed E-state index contributed by atoms with van der Waals surface area (Å²) in [6.45, 7) is 0. The van der Waals surface area contributed by atoms with Crippen LogP contribution in [0.5, 0.6) is 0 Å². The molecule has 0 atom stereocenters. The van der Waals surface area contributed by atoms with Gasteiger partial charge in [-0.15, -0.1) is 0 Å². The Morgan fingerprint density at radius 3 is 1.84 bits per heavy atom. The average Bonchev–Trinajstić information content (AvgIpc) is 2.37. The third kappa shape index (κ3) is 1.71. The molecule has 19 heavy (non-hydrogen) atoms. The zero-order valence-electron chi connectivity index (χ0n) is 11.0. The molecule has 3 heteroatoms. The third-order valence-corrected chi connectivity index (χ3v) is 5.73. The van der Waals surface area contributed by atoms with Gasteiger partial charge in [0.1, 0.15) is 0 Å². The Balaban J connectivity index is 1.69. The van der Waals surface area contributed by atoms with Gasteiger partial charge in [-0.3, -0.25) is 10.1 Å². The summed E-state index contributed by atoms with van der Waals surface area (Å²) < 4.78 is 0. The van der Waals surface area contributed by atoms with Crippen molar-refractivity contribution < 1.29 is 4.92 Å². The number of rotatable bonds is 2. The largest absolute Gasteiger partial charge is 0.269 e. The van der Waals surface area contributed by atoms with Gasteiger partial charge in [0, 0.05) is 12.1 Å². The van der Waals surface area contributed by atoms with Crippen LogP contribution in [-0.4, -0.2) is 4.92 Å². The van der Waals surface area contributed by atoms with Crippen LogP contribution in [0.4, 0.5) is 5.69 Å². The minimum absolute atomic E-state index is 0.216. The van der Waals surface area contributed by atoms with Crippen LogP contribution in [0.3, 0.4) is 0 Å². The molecule has 100 valence electrons. The quantitative estimate of drug-likeness (QED) is 0.592. The summed E-state index contributed by atoms with van der Waals surface area (Å²) in [5.74, 6) is 2.75. The number of nitro benzene ring substituents is 1. The first-order chi connectivity index (χ1) is 9.14. The van der Waals surface area contributed by atoms with Gasteiger partial charge in [-0.05, 0) is 67.3 Å². The highest BCUT2D eigenvalue weighted by molar-refractivity contribution is 5.38. The molecule has 0 spiro atoms. The van der Waals surface area contributed by atoms with Crippen molar-refractivity contribution in [2.75, 3.05) is 0 Å². The van der Waals surface area contributed by atoms with E-state index in [1.54, 1.807) is 12.1 Å². The lowest BCUT2D eigenvalue weighted by Crippen LogP contribution is -2.48. The molecule has 4 bridgehead atoms. The van der Waals surface area contributed by atoms with E-state index in [9.17, 15) is 10.1 Å². The molecule has 3 nitrogen and oxygen atoms in total. The van der Waals surface area contributed by atoms with E-state index in [1.165, 1.54) is 44.1 Å². The molecule has 0 aliphatic heterocycles. The predicted molar refractivity (Wildman–Crippen MR) is 72.9 cm³/mol. The third-order valence-electron chi connectivity index (χ3n) is 5.73. The highest BCUT2D eigenvalue weighted by Crippen LogP contribution is 2.60. The maximum atomic E-state index is 10.8. The fourth-order valence-corrected chi connectivity index (χ4v) is 5.40. The second-order valence-electron chi connectivity index (χ2n) is 7.00. The monoisotopic (exact) mass is 257 g/mol. The molecule has 0 radical (unpaired) electrons. The van der Waals surface area contributed by atoms with Crippen molar-refractivity contribution in [3.8, 4) is 0 Å². The van der Waals surface area contributed by atoms with Crippen LogP contribution in [0, 0.1) is 27.9 Å². The van der Waals surface area contributed by atoms with Gasteiger partial charge >= 0.3 is 0 Å². The Bertz CT molecular complexity index is 485. The molecular weight excluding hydrogens is 238 g/mol. The van der Waals surface area contributed by atoms with E-state index in [-0.39, 0.29) is 10.6 Å². The fraction of sp³-hybridized carbons (Fsp3) is 0.625. The lowest BCUT2D eigenvalue weighted by molar-refractivity contribution is -0.384. The molecule has 1 aromatic carbocycles. The number of nitrogens with zero attached hydrogens (tertiary/aromatic N) is 1. The zero-order chi connectivity index (χ0) is 13.0. The van der Waals surface area contributed by atoms with Crippen LogP contribution in [0.2, 0.25) is 0 Å². The van der Waals surface area contributed by atoms with Crippen molar-refractivity contribution in [2.24, 2.45) is 17.8 Å². The first-order valence-electron chi connectivity index (χ1n) is 7.40. The first-order valence-corrected chi connectivity index (χ1v) is 7.40. The molecule has 1 aromatic rings. The molecule has 0 aromatic heterocycles. The molecule has 4 fully saturated rings. The van der Waals surface area contributed by atoms with E-state index in [0.29, 0.717) is 5.41 Å². The summed E-state index contributed by atoms with van der Waals surface area (Å²) in [4.78, 5) is 10.5. The van der Waals surface area contributed by atoms with E-state index in [1.807, 2.05) is 12.1 Å². The Hall–Kier alpha value is -1.38. The van der Waals surface area contributed by atoms with Crippen LogP contribution in [0.15, 0.2) is 24.3 Å². The average molecular weight is 257 g/mol. The van der Waals surface area contributed by atoms with Crippen molar-refractivity contribution in [1.29, 1.82) is 0 Å². The molecule has 0 N–H and O–H groups in total. The summed E-state index contributed by atoms with van der Waals surface area (Å²) in [7, 11) is 0. The smallest absolute Gasteiger partial charge is 0.258 e. The van der Waals surface area contributed by atoms with E-state index in [4.69, 9.17) is 0 Å². The van der Waals surface area contributed by atoms with Gasteiger partial charge in [0.15, 0.2) is 0 Å². The highest BCUT2D eigenvalue weighted by atomic mass is 16.6. The Morgan fingerprint density at radius 2 is 1.42 bits per heavy atom. The standard InChI is InChI=1S/C16H19NO2/c18-17(19)15-3-1-14(2-4-15)16-8-11-5-12(9-16)7-13(6-11)10-16/h1-4,11-13H,5-10H2. The van der Waals surface area contributed by atoms with Gasteiger partial charge in [0.2, 0.25) is 0 Å². The topological polar surface area (TPSA) is 43.1 Å². The maximum Gasteiger partial charge on any atom is 0.269 e. The second-order valence-corrected chi connectivity index (χ2v) is 7.00. The molecule has 0 heterocycles. The lowest BCUT2D eigenvalue weighted by Gasteiger charge is -2.57. The van der Waals surface area contributed by atoms with Crippen LogP contribution in [0.1, 0.15) is 44.1 Å². The Morgan fingerprint density at radius 1 is 0.947 bits per heavy atom. The van der Waals surface area contributed by atoms with Gasteiger partial charge in [-0.2, -0.15) is 0 Å². The van der Waals surface area contributed by atoms with Crippen LogP contribution < -0.4 is 0 Å². The van der Waals surface area contributed by atoms with Gasteiger partial charge in [0.05, 0.1) is 4.92 Å². The Labute approximate surface area is 113 Å². The van der Waals surface area contributed by atoms with E-state index in [0.717, 1.165) is 17.8 Å². The molecule has 4 aliphatic carbocycles. The van der Waals surface area contributed by atoms with Crippen molar-refractivity contribution in [3.63, 3.8) is 0 Å². The zero-order valence-corrected chi connectivity index (χ0v) is 11.0. The van der Waals surface area contributed by atoms with Crippen LogP contribution in [0.25, 0.3) is 0 Å². The first kappa shape index (κ1) is 11.4. The summed E-state index contributed by atoms with van der Waals surface area (Å²) in [5.41, 5.74) is 1.93. The lowest BCUT2D eigenvalue weighted by atomic mass is 9.48. The van der Waals surface area contributed by atoms with E-state index in [2.05, 4.69) is 0 Å². The number of nitro groups is 1. The van der Waals surface area contributed by atoms with Crippen LogP contribution >= 0.6 is 0 Å². The van der Waals surface area contributed by atoms with Crippen molar-refractivity contribution in [2.45, 2.75) is 43.9 Å². The molecule has 0 unspecified atom stereocenters. The van der Waals surface area contributed by atoms with Crippen molar-refractivity contribution in [1.82, 2.24) is 0 Å². The SMILES string of the molecule is O=[N+]([O-])c1ccc(C23CC4CC(CC(C4)C2)C3)cc1. The summed E-state index contributed by atoms with van der Waals surface area (Å²) in [5, 5.41) is 10.8. The van der Waals surface area contributed by atoms with E-state index < -0.39 is 0 Å². The molecule has 5 rings (SSSR count). The predicted octanol–water partition coefficient (Wildman–Crippen LogP) is 4.06. The summed E-state index contributed by atoms with van der Waals surface area (Å²) in [6.07, 6.45) is 8.26. The number of hydrogen-bond acceptors (Lipinski definition) is 2. The molecular formula is C16H19NO2. The molecule has 4 aliphatic rings. The number of non-ortho nitro benzene ring substituents is 1. The minimum Gasteiger partial charge on any atom is -0.258 e.